The maximum Gasteiger partial charge on any atom is 0.238 e. The average Bonchev–Trinajstić information content (AvgIpc) is 3.21. The molecule has 1 aliphatic rings. The van der Waals surface area contributed by atoms with Crippen molar-refractivity contribution in [3.8, 4) is 10.6 Å². The van der Waals surface area contributed by atoms with Crippen LogP contribution in [0, 0.1) is 6.92 Å². The van der Waals surface area contributed by atoms with Crippen molar-refractivity contribution in [2.75, 3.05) is 38.0 Å². The molecule has 1 fully saturated rings. The maximum absolute atomic E-state index is 12.4. The van der Waals surface area contributed by atoms with Crippen LogP contribution in [0.5, 0.6) is 0 Å². The Morgan fingerprint density at radius 3 is 2.60 bits per heavy atom. The van der Waals surface area contributed by atoms with Gasteiger partial charge >= 0.3 is 0 Å². The van der Waals surface area contributed by atoms with Crippen LogP contribution in [0.2, 0.25) is 5.02 Å². The molecule has 3 aromatic rings. The third-order valence-electron chi connectivity index (χ3n) is 5.26. The lowest BCUT2D eigenvalue weighted by molar-refractivity contribution is -0.117. The molecule has 0 bridgehead atoms. The highest BCUT2D eigenvalue weighted by Crippen LogP contribution is 2.24. The number of aryl methyl sites for hydroxylation is 1. The van der Waals surface area contributed by atoms with Crippen LogP contribution in [0.25, 0.3) is 10.6 Å². The first-order chi connectivity index (χ1) is 14.6. The lowest BCUT2D eigenvalue weighted by Gasteiger charge is -2.33. The van der Waals surface area contributed by atoms with E-state index in [1.165, 1.54) is 5.56 Å². The summed E-state index contributed by atoms with van der Waals surface area (Å²) >= 11 is 7.73. The molecule has 30 heavy (non-hydrogen) atoms. The fourth-order valence-electron chi connectivity index (χ4n) is 3.55. The van der Waals surface area contributed by atoms with Crippen molar-refractivity contribution in [3.63, 3.8) is 0 Å². The van der Waals surface area contributed by atoms with Gasteiger partial charge in [0.15, 0.2) is 0 Å². The molecule has 1 aliphatic heterocycles. The average molecular weight is 441 g/mol. The largest absolute Gasteiger partial charge is 0.325 e. The van der Waals surface area contributed by atoms with E-state index < -0.39 is 0 Å². The van der Waals surface area contributed by atoms with E-state index in [2.05, 4.69) is 32.6 Å². The number of nitrogens with zero attached hydrogens (tertiary/aromatic N) is 3. The quantitative estimate of drug-likeness (QED) is 0.611. The smallest absolute Gasteiger partial charge is 0.238 e. The highest BCUT2D eigenvalue weighted by atomic mass is 35.5. The molecule has 7 heteroatoms. The molecule has 1 amide bonds. The lowest BCUT2D eigenvalue weighted by Crippen LogP contribution is -2.48. The highest BCUT2D eigenvalue weighted by Gasteiger charge is 2.20. The number of piperazine rings is 1. The Balaban J connectivity index is 1.25. The van der Waals surface area contributed by atoms with E-state index in [-0.39, 0.29) is 5.91 Å². The van der Waals surface area contributed by atoms with Gasteiger partial charge in [-0.3, -0.25) is 14.6 Å². The summed E-state index contributed by atoms with van der Waals surface area (Å²) in [6.45, 7) is 6.82. The van der Waals surface area contributed by atoms with Gasteiger partial charge in [0, 0.05) is 54.4 Å². The van der Waals surface area contributed by atoms with Crippen molar-refractivity contribution >= 4 is 34.5 Å². The first-order valence-corrected chi connectivity index (χ1v) is 11.3. The number of carbonyl (C=O) groups excluding carboxylic acids is 1. The van der Waals surface area contributed by atoms with Crippen LogP contribution in [0.1, 0.15) is 11.3 Å². The van der Waals surface area contributed by atoms with E-state index in [1.807, 2.05) is 37.3 Å². The van der Waals surface area contributed by atoms with Crippen LogP contribution in [-0.4, -0.2) is 53.4 Å². The summed E-state index contributed by atoms with van der Waals surface area (Å²) in [5.74, 6) is 0.000760. The zero-order valence-electron chi connectivity index (χ0n) is 17.0. The molecule has 1 N–H and O–H groups in total. The molecule has 156 valence electrons. The SMILES string of the molecule is Cc1ccc(Cl)cc1NC(=O)CN1CCN(Cc2csc(-c3ccccc3)n2)CC1. The Kier molecular flexibility index (Phi) is 6.79. The Bertz CT molecular complexity index is 999. The lowest BCUT2D eigenvalue weighted by atomic mass is 10.2. The second-order valence-corrected chi connectivity index (χ2v) is 8.86. The molecule has 0 spiro atoms. The number of anilines is 1. The van der Waals surface area contributed by atoms with E-state index in [4.69, 9.17) is 16.6 Å². The number of aromatic nitrogens is 1. The van der Waals surface area contributed by atoms with E-state index in [0.717, 1.165) is 54.7 Å². The molecule has 1 aromatic heterocycles. The summed E-state index contributed by atoms with van der Waals surface area (Å²) in [6, 6.07) is 15.8. The second-order valence-electron chi connectivity index (χ2n) is 7.57. The van der Waals surface area contributed by atoms with Crippen molar-refractivity contribution < 1.29 is 4.79 Å². The third-order valence-corrected chi connectivity index (χ3v) is 6.44. The molecule has 2 heterocycles. The van der Waals surface area contributed by atoms with E-state index >= 15 is 0 Å². The number of hydrogen-bond acceptors (Lipinski definition) is 5. The van der Waals surface area contributed by atoms with Gasteiger partial charge in [0.2, 0.25) is 5.91 Å². The number of halogens is 1. The van der Waals surface area contributed by atoms with Gasteiger partial charge in [-0.1, -0.05) is 48.0 Å². The summed E-state index contributed by atoms with van der Waals surface area (Å²) in [5.41, 5.74) is 4.07. The number of benzene rings is 2. The molecular weight excluding hydrogens is 416 g/mol. The van der Waals surface area contributed by atoms with Gasteiger partial charge in [0.1, 0.15) is 5.01 Å². The molecule has 2 aromatic carbocycles. The number of rotatable bonds is 6. The normalized spacial score (nSPS) is 15.3. The van der Waals surface area contributed by atoms with Gasteiger partial charge in [-0.2, -0.15) is 0 Å². The fourth-order valence-corrected chi connectivity index (χ4v) is 4.54. The Labute approximate surface area is 186 Å². The molecule has 5 nitrogen and oxygen atoms in total. The van der Waals surface area contributed by atoms with Crippen molar-refractivity contribution in [2.45, 2.75) is 13.5 Å². The first kappa shape index (κ1) is 21.0. The van der Waals surface area contributed by atoms with Crippen LogP contribution in [0.15, 0.2) is 53.9 Å². The number of hydrogen-bond donors (Lipinski definition) is 1. The summed E-state index contributed by atoms with van der Waals surface area (Å²) in [5, 5.41) is 6.82. The molecule has 1 saturated heterocycles. The van der Waals surface area contributed by atoms with Crippen molar-refractivity contribution in [3.05, 3.63) is 70.2 Å². The van der Waals surface area contributed by atoms with Gasteiger partial charge in [-0.05, 0) is 24.6 Å². The molecule has 0 atom stereocenters. The molecular formula is C23H25ClN4OS. The topological polar surface area (TPSA) is 48.5 Å². The molecule has 0 unspecified atom stereocenters. The van der Waals surface area contributed by atoms with Crippen LogP contribution in [0.3, 0.4) is 0 Å². The third kappa shape index (κ3) is 5.46. The van der Waals surface area contributed by atoms with Gasteiger partial charge in [-0.15, -0.1) is 11.3 Å². The standard InChI is InChI=1S/C23H25ClN4OS/c1-17-7-8-19(24)13-21(17)26-22(29)15-28-11-9-27(10-12-28)14-20-16-30-23(25-20)18-5-3-2-4-6-18/h2-8,13,16H,9-12,14-15H2,1H3,(H,26,29). The predicted molar refractivity (Wildman–Crippen MR) is 124 cm³/mol. The van der Waals surface area contributed by atoms with Crippen LogP contribution in [0.4, 0.5) is 5.69 Å². The van der Waals surface area contributed by atoms with Crippen LogP contribution >= 0.6 is 22.9 Å². The molecule has 0 saturated carbocycles. The van der Waals surface area contributed by atoms with E-state index in [0.29, 0.717) is 11.6 Å². The molecule has 4 rings (SSSR count). The monoisotopic (exact) mass is 440 g/mol. The summed E-state index contributed by atoms with van der Waals surface area (Å²) in [7, 11) is 0. The summed E-state index contributed by atoms with van der Waals surface area (Å²) < 4.78 is 0. The van der Waals surface area contributed by atoms with Gasteiger partial charge < -0.3 is 5.32 Å². The molecule has 0 radical (unpaired) electrons. The van der Waals surface area contributed by atoms with Crippen molar-refractivity contribution in [1.82, 2.24) is 14.8 Å². The Morgan fingerprint density at radius 2 is 1.83 bits per heavy atom. The Hall–Kier alpha value is -2.25. The number of nitrogens with one attached hydrogen (secondary N) is 1. The van der Waals surface area contributed by atoms with Gasteiger partial charge in [0.05, 0.1) is 12.2 Å². The van der Waals surface area contributed by atoms with Gasteiger partial charge in [-0.25, -0.2) is 4.98 Å². The first-order valence-electron chi connectivity index (χ1n) is 10.1. The second kappa shape index (κ2) is 9.71. The maximum atomic E-state index is 12.4. The zero-order valence-corrected chi connectivity index (χ0v) is 18.5. The number of amides is 1. The van der Waals surface area contributed by atoms with Crippen molar-refractivity contribution in [2.24, 2.45) is 0 Å². The predicted octanol–water partition coefficient (Wildman–Crippen LogP) is 4.53. The summed E-state index contributed by atoms with van der Waals surface area (Å²) in [6.07, 6.45) is 0. The number of thiazole rings is 1. The van der Waals surface area contributed by atoms with E-state index in [9.17, 15) is 4.79 Å². The minimum atomic E-state index is 0.000760. The minimum Gasteiger partial charge on any atom is -0.325 e. The summed E-state index contributed by atoms with van der Waals surface area (Å²) in [4.78, 5) is 21.8. The van der Waals surface area contributed by atoms with Crippen LogP contribution in [-0.2, 0) is 11.3 Å². The van der Waals surface area contributed by atoms with Crippen LogP contribution < -0.4 is 5.32 Å². The number of carbonyl (C=O) groups is 1. The minimum absolute atomic E-state index is 0.000760. The zero-order chi connectivity index (χ0) is 20.9. The van der Waals surface area contributed by atoms with Crippen molar-refractivity contribution in [1.29, 1.82) is 0 Å². The van der Waals surface area contributed by atoms with E-state index in [1.54, 1.807) is 17.4 Å². The fraction of sp³-hybridized carbons (Fsp3) is 0.304. The highest BCUT2D eigenvalue weighted by molar-refractivity contribution is 7.13. The molecule has 0 aliphatic carbocycles. The van der Waals surface area contributed by atoms with Gasteiger partial charge in [0.25, 0.3) is 0 Å². The Morgan fingerprint density at radius 1 is 1.10 bits per heavy atom.